The first-order chi connectivity index (χ1) is 7.45. The van der Waals surface area contributed by atoms with E-state index in [0.717, 1.165) is 13.1 Å². The second-order valence-electron chi connectivity index (χ2n) is 4.14. The van der Waals surface area contributed by atoms with Gasteiger partial charge in [0.05, 0.1) is 0 Å². The maximum Gasteiger partial charge on any atom is 0.0312 e. The summed E-state index contributed by atoms with van der Waals surface area (Å²) >= 11 is 0. The maximum absolute atomic E-state index is 4.09. The van der Waals surface area contributed by atoms with E-state index in [1.807, 2.05) is 18.5 Å². The van der Waals surface area contributed by atoms with Crippen molar-refractivity contribution in [3.05, 3.63) is 30.1 Å². The standard InChI is InChI=1S/C12H19N3/c1-2-7-15-12(5-1)10-14-9-11-4-3-6-13-8-11/h3-4,6,8,12,14-15H,1-2,5,7,9-10H2. The average Bonchev–Trinajstić information content (AvgIpc) is 2.32. The van der Waals surface area contributed by atoms with Crippen LogP contribution in [-0.4, -0.2) is 24.1 Å². The third-order valence-electron chi connectivity index (χ3n) is 2.86. The highest BCUT2D eigenvalue weighted by molar-refractivity contribution is 5.07. The molecule has 3 heteroatoms. The van der Waals surface area contributed by atoms with Gasteiger partial charge >= 0.3 is 0 Å². The van der Waals surface area contributed by atoms with Crippen molar-refractivity contribution in [2.75, 3.05) is 13.1 Å². The second-order valence-corrected chi connectivity index (χ2v) is 4.14. The lowest BCUT2D eigenvalue weighted by molar-refractivity contribution is 0.383. The van der Waals surface area contributed by atoms with Gasteiger partial charge in [-0.2, -0.15) is 0 Å². The van der Waals surface area contributed by atoms with Crippen LogP contribution in [-0.2, 0) is 6.54 Å². The highest BCUT2D eigenvalue weighted by Crippen LogP contribution is 2.05. The summed E-state index contributed by atoms with van der Waals surface area (Å²) in [5, 5.41) is 7.00. The van der Waals surface area contributed by atoms with Crippen LogP contribution in [0.2, 0.25) is 0 Å². The van der Waals surface area contributed by atoms with E-state index in [1.54, 1.807) is 0 Å². The molecule has 1 unspecified atom stereocenters. The van der Waals surface area contributed by atoms with Gasteiger partial charge in [-0.05, 0) is 31.0 Å². The molecule has 1 aliphatic rings. The molecule has 82 valence electrons. The first kappa shape index (κ1) is 10.6. The summed E-state index contributed by atoms with van der Waals surface area (Å²) in [5.41, 5.74) is 1.26. The Kier molecular flexibility index (Phi) is 4.11. The summed E-state index contributed by atoms with van der Waals surface area (Å²) in [6.07, 6.45) is 7.73. The molecule has 1 aromatic rings. The maximum atomic E-state index is 4.09. The number of aromatic nitrogens is 1. The lowest BCUT2D eigenvalue weighted by atomic mass is 10.1. The molecule has 3 nitrogen and oxygen atoms in total. The SMILES string of the molecule is c1cncc(CNCC2CCCCN2)c1. The summed E-state index contributed by atoms with van der Waals surface area (Å²) in [6, 6.07) is 4.75. The molecule has 0 bridgehead atoms. The fourth-order valence-corrected chi connectivity index (χ4v) is 1.99. The van der Waals surface area contributed by atoms with Gasteiger partial charge in [-0.1, -0.05) is 12.5 Å². The number of hydrogen-bond donors (Lipinski definition) is 2. The van der Waals surface area contributed by atoms with Gasteiger partial charge in [-0.25, -0.2) is 0 Å². The van der Waals surface area contributed by atoms with Crippen LogP contribution >= 0.6 is 0 Å². The van der Waals surface area contributed by atoms with E-state index in [1.165, 1.54) is 31.4 Å². The van der Waals surface area contributed by atoms with Gasteiger partial charge in [0.25, 0.3) is 0 Å². The Morgan fingerprint density at radius 2 is 2.47 bits per heavy atom. The van der Waals surface area contributed by atoms with Crippen molar-refractivity contribution in [2.45, 2.75) is 31.8 Å². The topological polar surface area (TPSA) is 37.0 Å². The largest absolute Gasteiger partial charge is 0.313 e. The number of piperidine rings is 1. The van der Waals surface area contributed by atoms with Crippen LogP contribution in [0.5, 0.6) is 0 Å². The molecule has 1 atom stereocenters. The smallest absolute Gasteiger partial charge is 0.0312 e. The van der Waals surface area contributed by atoms with E-state index >= 15 is 0 Å². The molecule has 1 aliphatic heterocycles. The lowest BCUT2D eigenvalue weighted by Crippen LogP contribution is -2.41. The van der Waals surface area contributed by atoms with E-state index in [9.17, 15) is 0 Å². The van der Waals surface area contributed by atoms with Gasteiger partial charge in [-0.15, -0.1) is 0 Å². The van der Waals surface area contributed by atoms with Crippen molar-refractivity contribution >= 4 is 0 Å². The number of pyridine rings is 1. The Labute approximate surface area is 91.3 Å². The number of rotatable bonds is 4. The number of hydrogen-bond acceptors (Lipinski definition) is 3. The molecule has 0 aliphatic carbocycles. The number of nitrogens with zero attached hydrogens (tertiary/aromatic N) is 1. The number of nitrogens with one attached hydrogen (secondary N) is 2. The highest BCUT2D eigenvalue weighted by atomic mass is 15.0. The van der Waals surface area contributed by atoms with Crippen molar-refractivity contribution in [1.29, 1.82) is 0 Å². The minimum Gasteiger partial charge on any atom is -0.313 e. The van der Waals surface area contributed by atoms with Crippen LogP contribution in [0.15, 0.2) is 24.5 Å². The Morgan fingerprint density at radius 3 is 3.20 bits per heavy atom. The lowest BCUT2D eigenvalue weighted by Gasteiger charge is -2.23. The van der Waals surface area contributed by atoms with Crippen LogP contribution in [0.4, 0.5) is 0 Å². The zero-order valence-electron chi connectivity index (χ0n) is 9.08. The van der Waals surface area contributed by atoms with Gasteiger partial charge in [0.15, 0.2) is 0 Å². The summed E-state index contributed by atoms with van der Waals surface area (Å²) in [5.74, 6) is 0. The summed E-state index contributed by atoms with van der Waals surface area (Å²) in [7, 11) is 0. The van der Waals surface area contributed by atoms with E-state index in [2.05, 4.69) is 21.7 Å². The van der Waals surface area contributed by atoms with E-state index < -0.39 is 0 Å². The molecule has 0 saturated carbocycles. The van der Waals surface area contributed by atoms with Gasteiger partial charge < -0.3 is 10.6 Å². The van der Waals surface area contributed by atoms with E-state index in [4.69, 9.17) is 0 Å². The molecule has 2 rings (SSSR count). The molecule has 2 N–H and O–H groups in total. The first-order valence-electron chi connectivity index (χ1n) is 5.78. The average molecular weight is 205 g/mol. The third kappa shape index (κ3) is 3.61. The van der Waals surface area contributed by atoms with Crippen molar-refractivity contribution in [3.8, 4) is 0 Å². The van der Waals surface area contributed by atoms with Gasteiger partial charge in [-0.3, -0.25) is 4.98 Å². The molecule has 15 heavy (non-hydrogen) atoms. The predicted octanol–water partition coefficient (Wildman–Crippen LogP) is 1.31. The van der Waals surface area contributed by atoms with Crippen LogP contribution in [0.1, 0.15) is 24.8 Å². The Morgan fingerprint density at radius 1 is 1.47 bits per heavy atom. The molecule has 1 saturated heterocycles. The predicted molar refractivity (Wildman–Crippen MR) is 61.6 cm³/mol. The van der Waals surface area contributed by atoms with Crippen molar-refractivity contribution in [1.82, 2.24) is 15.6 Å². The molecule has 1 aromatic heterocycles. The van der Waals surface area contributed by atoms with Crippen molar-refractivity contribution in [2.24, 2.45) is 0 Å². The fraction of sp³-hybridized carbons (Fsp3) is 0.583. The Balaban J connectivity index is 1.66. The molecule has 0 spiro atoms. The fourth-order valence-electron chi connectivity index (χ4n) is 1.99. The zero-order valence-corrected chi connectivity index (χ0v) is 9.08. The van der Waals surface area contributed by atoms with Crippen LogP contribution < -0.4 is 10.6 Å². The molecule has 0 amide bonds. The van der Waals surface area contributed by atoms with Crippen LogP contribution in [0.3, 0.4) is 0 Å². The van der Waals surface area contributed by atoms with Gasteiger partial charge in [0, 0.05) is 31.5 Å². The molecule has 0 radical (unpaired) electrons. The van der Waals surface area contributed by atoms with Crippen LogP contribution in [0, 0.1) is 0 Å². The van der Waals surface area contributed by atoms with Crippen molar-refractivity contribution < 1.29 is 0 Å². The summed E-state index contributed by atoms with van der Waals surface area (Å²) in [4.78, 5) is 4.09. The summed E-state index contributed by atoms with van der Waals surface area (Å²) in [6.45, 7) is 3.17. The minimum atomic E-state index is 0.662. The summed E-state index contributed by atoms with van der Waals surface area (Å²) < 4.78 is 0. The monoisotopic (exact) mass is 205 g/mol. The van der Waals surface area contributed by atoms with Crippen molar-refractivity contribution in [3.63, 3.8) is 0 Å². The first-order valence-corrected chi connectivity index (χ1v) is 5.78. The van der Waals surface area contributed by atoms with Crippen LogP contribution in [0.25, 0.3) is 0 Å². The zero-order chi connectivity index (χ0) is 10.3. The van der Waals surface area contributed by atoms with E-state index in [-0.39, 0.29) is 0 Å². The molecule has 2 heterocycles. The molecular weight excluding hydrogens is 186 g/mol. The van der Waals surface area contributed by atoms with Gasteiger partial charge in [0.1, 0.15) is 0 Å². The Bertz CT molecular complexity index is 267. The normalized spacial score (nSPS) is 21.5. The van der Waals surface area contributed by atoms with Gasteiger partial charge in [0.2, 0.25) is 0 Å². The quantitative estimate of drug-likeness (QED) is 0.778. The molecule has 0 aromatic carbocycles. The minimum absolute atomic E-state index is 0.662. The third-order valence-corrected chi connectivity index (χ3v) is 2.86. The van der Waals surface area contributed by atoms with E-state index in [0.29, 0.717) is 6.04 Å². The Hall–Kier alpha value is -0.930. The second kappa shape index (κ2) is 5.83. The molecule has 1 fully saturated rings. The molecular formula is C12H19N3. The highest BCUT2D eigenvalue weighted by Gasteiger charge is 2.11.